The molecule has 0 radical (unpaired) electrons. The van der Waals surface area contributed by atoms with E-state index in [0.29, 0.717) is 28.2 Å². The van der Waals surface area contributed by atoms with Gasteiger partial charge in [-0.1, -0.05) is 48.4 Å². The van der Waals surface area contributed by atoms with Gasteiger partial charge in [-0.25, -0.2) is 0 Å². The van der Waals surface area contributed by atoms with E-state index < -0.39 is 6.04 Å². The average molecular weight is 496 g/mol. The van der Waals surface area contributed by atoms with Gasteiger partial charge in [-0.15, -0.1) is 0 Å². The zero-order valence-corrected chi connectivity index (χ0v) is 20.1. The van der Waals surface area contributed by atoms with Crippen molar-refractivity contribution in [3.63, 3.8) is 0 Å². The number of nitrogens with one attached hydrogen (secondary N) is 1. The van der Waals surface area contributed by atoms with Crippen molar-refractivity contribution in [1.82, 2.24) is 10.2 Å². The maximum atomic E-state index is 13.1. The van der Waals surface area contributed by atoms with E-state index in [1.54, 1.807) is 23.1 Å². The summed E-state index contributed by atoms with van der Waals surface area (Å²) in [4.78, 5) is 27.5. The molecule has 2 amide bonds. The Morgan fingerprint density at radius 1 is 1.17 bits per heavy atom. The number of rotatable bonds is 9. The standard InChI is InChI=1S/C23H28BrClN2O3/c1-5-20(23(29)26-15(2)3)27(13-17-8-6-16(4)7-9-17)22(28)14-30-21-11-10-18(25)12-19(21)24/h6-12,15,20H,5,13-14H2,1-4H3,(H,26,29)/t20-/m0/s1. The van der Waals surface area contributed by atoms with Gasteiger partial charge in [0.25, 0.3) is 5.91 Å². The lowest BCUT2D eigenvalue weighted by Crippen LogP contribution is -2.51. The fourth-order valence-corrected chi connectivity index (χ4v) is 3.80. The third-order valence-corrected chi connectivity index (χ3v) is 5.39. The molecule has 0 saturated heterocycles. The molecule has 0 heterocycles. The molecule has 0 aliphatic rings. The van der Waals surface area contributed by atoms with Crippen LogP contribution in [0.3, 0.4) is 0 Å². The molecule has 0 spiro atoms. The first kappa shape index (κ1) is 24.2. The Hall–Kier alpha value is -2.05. The monoisotopic (exact) mass is 494 g/mol. The number of nitrogens with zero attached hydrogens (tertiary/aromatic N) is 1. The highest BCUT2D eigenvalue weighted by atomic mass is 79.9. The van der Waals surface area contributed by atoms with Gasteiger partial charge in [0, 0.05) is 17.6 Å². The maximum Gasteiger partial charge on any atom is 0.261 e. The Kier molecular flexibility index (Phi) is 9.18. The van der Waals surface area contributed by atoms with Crippen LogP contribution in [0.1, 0.15) is 38.3 Å². The summed E-state index contributed by atoms with van der Waals surface area (Å²) in [7, 11) is 0. The van der Waals surface area contributed by atoms with Crippen LogP contribution in [-0.4, -0.2) is 35.4 Å². The maximum absolute atomic E-state index is 13.1. The summed E-state index contributed by atoms with van der Waals surface area (Å²) in [5.41, 5.74) is 2.09. The van der Waals surface area contributed by atoms with Crippen LogP contribution in [-0.2, 0) is 16.1 Å². The molecule has 0 fully saturated rings. The Labute approximate surface area is 191 Å². The number of benzene rings is 2. The van der Waals surface area contributed by atoms with E-state index in [1.807, 2.05) is 52.0 Å². The van der Waals surface area contributed by atoms with E-state index in [2.05, 4.69) is 21.2 Å². The molecule has 0 unspecified atom stereocenters. The zero-order valence-electron chi connectivity index (χ0n) is 17.7. The van der Waals surface area contributed by atoms with Gasteiger partial charge in [0.2, 0.25) is 5.91 Å². The molecular weight excluding hydrogens is 468 g/mol. The quantitative estimate of drug-likeness (QED) is 0.525. The first-order valence-corrected chi connectivity index (χ1v) is 11.1. The summed E-state index contributed by atoms with van der Waals surface area (Å²) in [6.07, 6.45) is 0.501. The minimum absolute atomic E-state index is 0.0100. The predicted octanol–water partition coefficient (Wildman–Crippen LogP) is 5.12. The van der Waals surface area contributed by atoms with Crippen LogP contribution >= 0.6 is 27.5 Å². The number of hydrogen-bond donors (Lipinski definition) is 1. The number of halogens is 2. The Morgan fingerprint density at radius 2 is 1.83 bits per heavy atom. The molecule has 2 aromatic rings. The SMILES string of the molecule is CC[C@@H](C(=O)NC(C)C)N(Cc1ccc(C)cc1)C(=O)COc1ccc(Cl)cc1Br. The minimum Gasteiger partial charge on any atom is -0.483 e. The summed E-state index contributed by atoms with van der Waals surface area (Å²) in [6, 6.07) is 12.4. The van der Waals surface area contributed by atoms with E-state index in [1.165, 1.54) is 0 Å². The second-order valence-corrected chi connectivity index (χ2v) is 8.75. The molecule has 7 heteroatoms. The van der Waals surface area contributed by atoms with Gasteiger partial charge in [-0.3, -0.25) is 9.59 Å². The number of hydrogen-bond acceptors (Lipinski definition) is 3. The highest BCUT2D eigenvalue weighted by Gasteiger charge is 2.29. The molecule has 1 atom stereocenters. The molecule has 0 aromatic heterocycles. The highest BCUT2D eigenvalue weighted by molar-refractivity contribution is 9.10. The fourth-order valence-electron chi connectivity index (χ4n) is 3.01. The normalized spacial score (nSPS) is 11.8. The topological polar surface area (TPSA) is 58.6 Å². The molecule has 0 aliphatic carbocycles. The van der Waals surface area contributed by atoms with E-state index in [4.69, 9.17) is 16.3 Å². The van der Waals surface area contributed by atoms with Crippen molar-refractivity contribution in [1.29, 1.82) is 0 Å². The van der Waals surface area contributed by atoms with Crippen LogP contribution in [0.15, 0.2) is 46.9 Å². The molecule has 2 rings (SSSR count). The molecule has 162 valence electrons. The van der Waals surface area contributed by atoms with Gasteiger partial charge in [0.1, 0.15) is 11.8 Å². The van der Waals surface area contributed by atoms with Crippen molar-refractivity contribution in [3.8, 4) is 5.75 Å². The van der Waals surface area contributed by atoms with Crippen LogP contribution < -0.4 is 10.1 Å². The van der Waals surface area contributed by atoms with Crippen LogP contribution in [0, 0.1) is 6.92 Å². The van der Waals surface area contributed by atoms with Crippen molar-refractivity contribution in [2.24, 2.45) is 0 Å². The number of carbonyl (C=O) groups excluding carboxylic acids is 2. The lowest BCUT2D eigenvalue weighted by atomic mass is 10.1. The molecule has 1 N–H and O–H groups in total. The lowest BCUT2D eigenvalue weighted by Gasteiger charge is -2.31. The van der Waals surface area contributed by atoms with Gasteiger partial charge >= 0.3 is 0 Å². The first-order valence-electron chi connectivity index (χ1n) is 9.94. The Balaban J connectivity index is 2.22. The number of carbonyl (C=O) groups is 2. The predicted molar refractivity (Wildman–Crippen MR) is 124 cm³/mol. The molecular formula is C23H28BrClN2O3. The molecule has 2 aromatic carbocycles. The molecule has 5 nitrogen and oxygen atoms in total. The van der Waals surface area contributed by atoms with Crippen LogP contribution in [0.25, 0.3) is 0 Å². The fraction of sp³-hybridized carbons (Fsp3) is 0.391. The third kappa shape index (κ3) is 7.03. The summed E-state index contributed by atoms with van der Waals surface area (Å²) >= 11 is 9.35. The smallest absolute Gasteiger partial charge is 0.261 e. The largest absolute Gasteiger partial charge is 0.483 e. The lowest BCUT2D eigenvalue weighted by molar-refractivity contribution is -0.143. The van der Waals surface area contributed by atoms with Crippen molar-refractivity contribution in [3.05, 3.63) is 63.1 Å². The summed E-state index contributed by atoms with van der Waals surface area (Å²) in [5.74, 6) is 0.0894. The summed E-state index contributed by atoms with van der Waals surface area (Å²) in [5, 5.41) is 3.48. The minimum atomic E-state index is -0.585. The third-order valence-electron chi connectivity index (χ3n) is 4.54. The van der Waals surface area contributed by atoms with Crippen molar-refractivity contribution < 1.29 is 14.3 Å². The molecule has 0 saturated carbocycles. The highest BCUT2D eigenvalue weighted by Crippen LogP contribution is 2.28. The number of amides is 2. The zero-order chi connectivity index (χ0) is 22.3. The van der Waals surface area contributed by atoms with Gasteiger partial charge in [0.05, 0.1) is 4.47 Å². The van der Waals surface area contributed by atoms with Crippen molar-refractivity contribution in [2.45, 2.75) is 52.7 Å². The van der Waals surface area contributed by atoms with Crippen LogP contribution in [0.4, 0.5) is 0 Å². The van der Waals surface area contributed by atoms with Gasteiger partial charge in [-0.05, 0) is 66.9 Å². The Bertz CT molecular complexity index is 871. The van der Waals surface area contributed by atoms with Crippen LogP contribution in [0.2, 0.25) is 5.02 Å². The Morgan fingerprint density at radius 3 is 2.40 bits per heavy atom. The second-order valence-electron chi connectivity index (χ2n) is 7.46. The van der Waals surface area contributed by atoms with E-state index in [-0.39, 0.29) is 24.5 Å². The van der Waals surface area contributed by atoms with Crippen molar-refractivity contribution in [2.75, 3.05) is 6.61 Å². The van der Waals surface area contributed by atoms with Gasteiger partial charge in [0.15, 0.2) is 6.61 Å². The van der Waals surface area contributed by atoms with Crippen LogP contribution in [0.5, 0.6) is 5.75 Å². The van der Waals surface area contributed by atoms with Gasteiger partial charge in [-0.2, -0.15) is 0 Å². The molecule has 30 heavy (non-hydrogen) atoms. The van der Waals surface area contributed by atoms with E-state index in [0.717, 1.165) is 11.1 Å². The first-order chi connectivity index (χ1) is 14.2. The number of ether oxygens (including phenoxy) is 1. The van der Waals surface area contributed by atoms with E-state index >= 15 is 0 Å². The van der Waals surface area contributed by atoms with Crippen molar-refractivity contribution >= 4 is 39.3 Å². The number of aryl methyl sites for hydroxylation is 1. The summed E-state index contributed by atoms with van der Waals surface area (Å²) in [6.45, 7) is 7.85. The molecule has 0 bridgehead atoms. The second kappa shape index (κ2) is 11.4. The summed E-state index contributed by atoms with van der Waals surface area (Å²) < 4.78 is 6.38. The van der Waals surface area contributed by atoms with Gasteiger partial charge < -0.3 is 15.0 Å². The average Bonchev–Trinajstić information content (AvgIpc) is 2.68. The molecule has 0 aliphatic heterocycles. The van der Waals surface area contributed by atoms with E-state index in [9.17, 15) is 9.59 Å².